The molecular formula is C14H15ClFN3O. The van der Waals surface area contributed by atoms with Crippen LogP contribution in [0.2, 0.25) is 5.02 Å². The largest absolute Gasteiger partial charge is 0.494 e. The molecule has 0 saturated heterocycles. The van der Waals surface area contributed by atoms with Gasteiger partial charge < -0.3 is 4.74 Å². The van der Waals surface area contributed by atoms with Crippen molar-refractivity contribution in [2.24, 2.45) is 5.84 Å². The minimum Gasteiger partial charge on any atom is -0.494 e. The van der Waals surface area contributed by atoms with Gasteiger partial charge in [-0.3, -0.25) is 16.3 Å². The normalized spacial score (nSPS) is 12.2. The molecule has 0 aliphatic carbocycles. The highest BCUT2D eigenvalue weighted by Crippen LogP contribution is 2.26. The second-order valence-corrected chi connectivity index (χ2v) is 4.69. The minimum absolute atomic E-state index is 0.184. The third kappa shape index (κ3) is 3.25. The number of pyridine rings is 1. The molecule has 6 heteroatoms. The number of aromatic nitrogens is 1. The number of ether oxygens (including phenoxy) is 1. The molecule has 20 heavy (non-hydrogen) atoms. The van der Waals surface area contributed by atoms with Crippen molar-refractivity contribution in [2.75, 3.05) is 7.11 Å². The number of hydrazine groups is 1. The number of rotatable bonds is 5. The second kappa shape index (κ2) is 6.65. The van der Waals surface area contributed by atoms with Crippen molar-refractivity contribution in [3.05, 3.63) is 58.6 Å². The van der Waals surface area contributed by atoms with Crippen LogP contribution in [-0.2, 0) is 6.42 Å². The molecule has 0 radical (unpaired) electrons. The molecule has 106 valence electrons. The molecule has 0 fully saturated rings. The van der Waals surface area contributed by atoms with E-state index in [0.717, 1.165) is 11.1 Å². The SMILES string of the molecule is COc1cc(C(Cc2ccncc2Cl)NN)ccc1F. The molecule has 1 heterocycles. The first-order chi connectivity index (χ1) is 9.65. The number of hydrogen-bond acceptors (Lipinski definition) is 4. The Bertz CT molecular complexity index is 594. The lowest BCUT2D eigenvalue weighted by Crippen LogP contribution is -2.29. The van der Waals surface area contributed by atoms with Crippen LogP contribution < -0.4 is 16.0 Å². The van der Waals surface area contributed by atoms with Crippen LogP contribution in [0.1, 0.15) is 17.2 Å². The molecule has 2 rings (SSSR count). The Morgan fingerprint density at radius 2 is 2.25 bits per heavy atom. The van der Waals surface area contributed by atoms with E-state index in [0.29, 0.717) is 11.4 Å². The summed E-state index contributed by atoms with van der Waals surface area (Å²) < 4.78 is 18.4. The fourth-order valence-electron chi connectivity index (χ4n) is 1.96. The Kier molecular flexibility index (Phi) is 4.89. The molecule has 0 bridgehead atoms. The molecule has 1 unspecified atom stereocenters. The highest BCUT2D eigenvalue weighted by atomic mass is 35.5. The average Bonchev–Trinajstić information content (AvgIpc) is 2.47. The lowest BCUT2D eigenvalue weighted by Gasteiger charge is -2.18. The Morgan fingerprint density at radius 1 is 1.45 bits per heavy atom. The van der Waals surface area contributed by atoms with Crippen LogP contribution in [0.25, 0.3) is 0 Å². The number of hydrogen-bond donors (Lipinski definition) is 2. The van der Waals surface area contributed by atoms with Gasteiger partial charge in [-0.1, -0.05) is 17.7 Å². The van der Waals surface area contributed by atoms with Crippen LogP contribution in [0.15, 0.2) is 36.7 Å². The van der Waals surface area contributed by atoms with Crippen LogP contribution in [-0.4, -0.2) is 12.1 Å². The van der Waals surface area contributed by atoms with E-state index in [1.54, 1.807) is 24.5 Å². The molecule has 1 atom stereocenters. The van der Waals surface area contributed by atoms with E-state index >= 15 is 0 Å². The molecule has 2 aromatic rings. The fraction of sp³-hybridized carbons (Fsp3) is 0.214. The van der Waals surface area contributed by atoms with Gasteiger partial charge in [-0.2, -0.15) is 0 Å². The van der Waals surface area contributed by atoms with Crippen molar-refractivity contribution in [3.8, 4) is 5.75 Å². The van der Waals surface area contributed by atoms with Crippen molar-refractivity contribution < 1.29 is 9.13 Å². The van der Waals surface area contributed by atoms with Crippen molar-refractivity contribution in [1.29, 1.82) is 0 Å². The topological polar surface area (TPSA) is 60.2 Å². The average molecular weight is 296 g/mol. The maximum absolute atomic E-state index is 13.4. The van der Waals surface area contributed by atoms with E-state index in [1.165, 1.54) is 13.2 Å². The van der Waals surface area contributed by atoms with Crippen molar-refractivity contribution in [3.63, 3.8) is 0 Å². The highest BCUT2D eigenvalue weighted by Gasteiger charge is 2.15. The summed E-state index contributed by atoms with van der Waals surface area (Å²) in [5.74, 6) is 5.36. The lowest BCUT2D eigenvalue weighted by molar-refractivity contribution is 0.384. The summed E-state index contributed by atoms with van der Waals surface area (Å²) in [5.41, 5.74) is 4.44. The summed E-state index contributed by atoms with van der Waals surface area (Å²) >= 11 is 6.08. The lowest BCUT2D eigenvalue weighted by atomic mass is 9.99. The number of nitrogens with two attached hydrogens (primary N) is 1. The second-order valence-electron chi connectivity index (χ2n) is 4.28. The van der Waals surface area contributed by atoms with E-state index in [4.69, 9.17) is 22.2 Å². The van der Waals surface area contributed by atoms with Gasteiger partial charge in [0.2, 0.25) is 0 Å². The molecule has 0 amide bonds. The Morgan fingerprint density at radius 3 is 2.90 bits per heavy atom. The first-order valence-electron chi connectivity index (χ1n) is 6.03. The van der Waals surface area contributed by atoms with E-state index in [9.17, 15) is 4.39 Å². The van der Waals surface area contributed by atoms with Gasteiger partial charge in [0.25, 0.3) is 0 Å². The van der Waals surface area contributed by atoms with Crippen molar-refractivity contribution in [1.82, 2.24) is 10.4 Å². The number of nitrogens with one attached hydrogen (secondary N) is 1. The molecule has 0 spiro atoms. The smallest absolute Gasteiger partial charge is 0.165 e. The number of nitrogens with zero attached hydrogens (tertiary/aromatic N) is 1. The fourth-order valence-corrected chi connectivity index (χ4v) is 2.15. The predicted octanol–water partition coefficient (Wildman–Crippen LogP) is 2.63. The summed E-state index contributed by atoms with van der Waals surface area (Å²) in [6.45, 7) is 0. The highest BCUT2D eigenvalue weighted by molar-refractivity contribution is 6.31. The first kappa shape index (κ1) is 14.7. The van der Waals surface area contributed by atoms with Gasteiger partial charge in [-0.05, 0) is 35.7 Å². The molecule has 1 aromatic carbocycles. The van der Waals surface area contributed by atoms with Gasteiger partial charge in [0.05, 0.1) is 18.2 Å². The van der Waals surface area contributed by atoms with E-state index < -0.39 is 5.82 Å². The summed E-state index contributed by atoms with van der Waals surface area (Å²) in [5, 5.41) is 0.571. The van der Waals surface area contributed by atoms with E-state index in [2.05, 4.69) is 10.4 Å². The first-order valence-corrected chi connectivity index (χ1v) is 6.41. The quantitative estimate of drug-likeness (QED) is 0.657. The monoisotopic (exact) mass is 295 g/mol. The van der Waals surface area contributed by atoms with Crippen molar-refractivity contribution >= 4 is 11.6 Å². The summed E-state index contributed by atoms with van der Waals surface area (Å²) in [7, 11) is 1.42. The van der Waals surface area contributed by atoms with Gasteiger partial charge in [-0.15, -0.1) is 0 Å². The predicted molar refractivity (Wildman–Crippen MR) is 76.0 cm³/mol. The Balaban J connectivity index is 2.26. The number of methoxy groups -OCH3 is 1. The third-order valence-electron chi connectivity index (χ3n) is 3.06. The van der Waals surface area contributed by atoms with Crippen molar-refractivity contribution in [2.45, 2.75) is 12.5 Å². The van der Waals surface area contributed by atoms with Crippen LogP contribution in [0, 0.1) is 5.82 Å². The maximum Gasteiger partial charge on any atom is 0.165 e. The van der Waals surface area contributed by atoms with Crippen LogP contribution in [0.4, 0.5) is 4.39 Å². The number of benzene rings is 1. The zero-order valence-corrected chi connectivity index (χ0v) is 11.7. The zero-order valence-electron chi connectivity index (χ0n) is 10.9. The van der Waals surface area contributed by atoms with Crippen LogP contribution in [0.3, 0.4) is 0 Å². The standard InChI is InChI=1S/C14H15ClFN3O/c1-20-14-7-10(2-3-12(14)16)13(19-17)6-9-4-5-18-8-11(9)15/h2-5,7-8,13,19H,6,17H2,1H3. The van der Waals surface area contributed by atoms with Crippen LogP contribution >= 0.6 is 11.6 Å². The zero-order chi connectivity index (χ0) is 14.5. The summed E-state index contributed by atoms with van der Waals surface area (Å²) in [4.78, 5) is 3.94. The Hall–Kier alpha value is -1.69. The van der Waals surface area contributed by atoms with Gasteiger partial charge in [0, 0.05) is 12.4 Å². The van der Waals surface area contributed by atoms with E-state index in [-0.39, 0.29) is 11.8 Å². The molecule has 0 saturated carbocycles. The van der Waals surface area contributed by atoms with Gasteiger partial charge >= 0.3 is 0 Å². The third-order valence-corrected chi connectivity index (χ3v) is 3.40. The van der Waals surface area contributed by atoms with Gasteiger partial charge in [-0.25, -0.2) is 4.39 Å². The molecule has 1 aromatic heterocycles. The summed E-state index contributed by atoms with van der Waals surface area (Å²) in [6, 6.07) is 6.26. The minimum atomic E-state index is -0.408. The maximum atomic E-state index is 13.4. The molecule has 3 N–H and O–H groups in total. The molecule has 4 nitrogen and oxygen atoms in total. The van der Waals surface area contributed by atoms with Gasteiger partial charge in [0.15, 0.2) is 11.6 Å². The number of halogens is 2. The molecular weight excluding hydrogens is 281 g/mol. The Labute approximate surface area is 121 Å². The van der Waals surface area contributed by atoms with E-state index in [1.807, 2.05) is 6.07 Å². The molecule has 0 aliphatic rings. The molecule has 0 aliphatic heterocycles. The summed E-state index contributed by atoms with van der Waals surface area (Å²) in [6.07, 6.45) is 3.81. The van der Waals surface area contributed by atoms with Gasteiger partial charge in [0.1, 0.15) is 0 Å². The van der Waals surface area contributed by atoms with Crippen LogP contribution in [0.5, 0.6) is 5.75 Å².